The molecule has 0 aliphatic carbocycles. The van der Waals surface area contributed by atoms with Crippen molar-refractivity contribution in [2.45, 2.75) is 13.5 Å². The fourth-order valence-corrected chi connectivity index (χ4v) is 2.57. The minimum atomic E-state index is 0.680. The van der Waals surface area contributed by atoms with Crippen LogP contribution in [0.2, 0.25) is 5.02 Å². The lowest BCUT2D eigenvalue weighted by molar-refractivity contribution is 0.479. The maximum atomic E-state index is 5.91. The Morgan fingerprint density at radius 3 is 2.63 bits per heavy atom. The highest BCUT2D eigenvalue weighted by molar-refractivity contribution is 9.10. The van der Waals surface area contributed by atoms with E-state index in [0.717, 1.165) is 22.5 Å². The molecule has 0 saturated carbocycles. The van der Waals surface area contributed by atoms with Gasteiger partial charge in [-0.3, -0.25) is 0 Å². The first kappa shape index (κ1) is 14.4. The van der Waals surface area contributed by atoms with Crippen LogP contribution in [0.1, 0.15) is 11.1 Å². The van der Waals surface area contributed by atoms with Crippen LogP contribution < -0.4 is 10.1 Å². The molecule has 0 amide bonds. The zero-order valence-corrected chi connectivity index (χ0v) is 13.2. The molecule has 0 fully saturated rings. The second kappa shape index (κ2) is 6.42. The summed E-state index contributed by atoms with van der Waals surface area (Å²) in [4.78, 5) is 0. The number of halogens is 2. The van der Waals surface area contributed by atoms with Gasteiger partial charge in [-0.05, 0) is 71.4 Å². The molecule has 4 heteroatoms. The van der Waals surface area contributed by atoms with Gasteiger partial charge in [-0.25, -0.2) is 0 Å². The first-order chi connectivity index (χ1) is 9.10. The molecule has 0 heterocycles. The summed E-state index contributed by atoms with van der Waals surface area (Å²) in [5, 5.41) is 3.83. The van der Waals surface area contributed by atoms with Crippen molar-refractivity contribution in [3.8, 4) is 11.5 Å². The van der Waals surface area contributed by atoms with Crippen molar-refractivity contribution in [3.63, 3.8) is 0 Å². The highest BCUT2D eigenvalue weighted by Crippen LogP contribution is 2.32. The van der Waals surface area contributed by atoms with E-state index >= 15 is 0 Å². The van der Waals surface area contributed by atoms with E-state index in [4.69, 9.17) is 16.3 Å². The van der Waals surface area contributed by atoms with Crippen molar-refractivity contribution in [3.05, 3.63) is 57.0 Å². The summed E-state index contributed by atoms with van der Waals surface area (Å²) in [6.45, 7) is 2.94. The summed E-state index contributed by atoms with van der Waals surface area (Å²) in [6, 6.07) is 11.6. The van der Waals surface area contributed by atoms with Gasteiger partial charge in [-0.2, -0.15) is 0 Å². The highest BCUT2D eigenvalue weighted by Gasteiger charge is 2.05. The number of hydrogen-bond acceptors (Lipinski definition) is 2. The molecule has 0 radical (unpaired) electrons. The Morgan fingerprint density at radius 1 is 1.21 bits per heavy atom. The molecule has 0 spiro atoms. The maximum absolute atomic E-state index is 5.91. The fraction of sp³-hybridized carbons (Fsp3) is 0.200. The Labute approximate surface area is 126 Å². The van der Waals surface area contributed by atoms with E-state index in [1.165, 1.54) is 11.1 Å². The van der Waals surface area contributed by atoms with Gasteiger partial charge >= 0.3 is 0 Å². The predicted octanol–water partition coefficient (Wildman–Crippen LogP) is 4.92. The van der Waals surface area contributed by atoms with Crippen LogP contribution in [-0.4, -0.2) is 7.05 Å². The zero-order valence-electron chi connectivity index (χ0n) is 10.8. The number of hydrogen-bond donors (Lipinski definition) is 1. The number of aryl methyl sites for hydroxylation is 1. The van der Waals surface area contributed by atoms with Gasteiger partial charge in [0.1, 0.15) is 11.5 Å². The van der Waals surface area contributed by atoms with Crippen LogP contribution >= 0.6 is 27.5 Å². The van der Waals surface area contributed by atoms with Crippen LogP contribution in [0.4, 0.5) is 0 Å². The highest BCUT2D eigenvalue weighted by atomic mass is 79.9. The Bertz CT molecular complexity index is 586. The summed E-state index contributed by atoms with van der Waals surface area (Å²) in [6.07, 6.45) is 0. The van der Waals surface area contributed by atoms with E-state index in [1.54, 1.807) is 0 Å². The van der Waals surface area contributed by atoms with Crippen LogP contribution in [0.25, 0.3) is 0 Å². The van der Waals surface area contributed by atoms with Crippen molar-refractivity contribution >= 4 is 27.5 Å². The third-order valence-corrected chi connectivity index (χ3v) is 3.66. The van der Waals surface area contributed by atoms with Crippen LogP contribution in [0.15, 0.2) is 40.9 Å². The molecule has 2 aromatic carbocycles. The van der Waals surface area contributed by atoms with Gasteiger partial charge < -0.3 is 10.1 Å². The number of ether oxygens (including phenoxy) is 1. The molecule has 0 unspecified atom stereocenters. The third-order valence-electron chi connectivity index (χ3n) is 2.80. The number of nitrogens with one attached hydrogen (secondary N) is 1. The van der Waals surface area contributed by atoms with Gasteiger partial charge in [0.2, 0.25) is 0 Å². The van der Waals surface area contributed by atoms with E-state index in [2.05, 4.69) is 34.2 Å². The molecule has 0 aliphatic rings. The molecule has 0 aromatic heterocycles. The first-order valence-electron chi connectivity index (χ1n) is 5.97. The molecular formula is C15H15BrClNO. The molecule has 1 N–H and O–H groups in total. The van der Waals surface area contributed by atoms with E-state index in [1.807, 2.05) is 37.4 Å². The minimum absolute atomic E-state index is 0.680. The molecule has 2 aromatic rings. The van der Waals surface area contributed by atoms with Gasteiger partial charge in [0, 0.05) is 11.6 Å². The second-order valence-electron chi connectivity index (χ2n) is 4.30. The lowest BCUT2D eigenvalue weighted by Gasteiger charge is -2.11. The van der Waals surface area contributed by atoms with Gasteiger partial charge in [0.05, 0.1) is 4.47 Å². The molecular weight excluding hydrogens is 326 g/mol. The van der Waals surface area contributed by atoms with Crippen molar-refractivity contribution in [1.29, 1.82) is 0 Å². The van der Waals surface area contributed by atoms with Gasteiger partial charge in [-0.15, -0.1) is 0 Å². The Kier molecular flexibility index (Phi) is 4.86. The van der Waals surface area contributed by atoms with Crippen LogP contribution in [-0.2, 0) is 6.54 Å². The lowest BCUT2D eigenvalue weighted by Crippen LogP contribution is -2.06. The molecule has 0 bridgehead atoms. The van der Waals surface area contributed by atoms with E-state index in [9.17, 15) is 0 Å². The van der Waals surface area contributed by atoms with Crippen LogP contribution in [0.5, 0.6) is 11.5 Å². The van der Waals surface area contributed by atoms with Crippen molar-refractivity contribution in [1.82, 2.24) is 5.32 Å². The largest absolute Gasteiger partial charge is 0.456 e. The first-order valence-corrected chi connectivity index (χ1v) is 7.14. The maximum Gasteiger partial charge on any atom is 0.141 e. The average Bonchev–Trinajstić information content (AvgIpc) is 2.36. The Balaban J connectivity index is 2.21. The normalized spacial score (nSPS) is 10.5. The number of benzene rings is 2. The summed E-state index contributed by atoms with van der Waals surface area (Å²) >= 11 is 9.35. The van der Waals surface area contributed by atoms with Crippen molar-refractivity contribution in [2.24, 2.45) is 0 Å². The fourth-order valence-electron chi connectivity index (χ4n) is 1.81. The van der Waals surface area contributed by atoms with E-state index in [0.29, 0.717) is 5.02 Å². The van der Waals surface area contributed by atoms with Crippen molar-refractivity contribution in [2.75, 3.05) is 7.05 Å². The molecule has 100 valence electrons. The molecule has 0 atom stereocenters. The monoisotopic (exact) mass is 339 g/mol. The Hall–Kier alpha value is -1.03. The van der Waals surface area contributed by atoms with Gasteiger partial charge in [0.15, 0.2) is 0 Å². The molecule has 19 heavy (non-hydrogen) atoms. The smallest absolute Gasteiger partial charge is 0.141 e. The molecule has 2 nitrogen and oxygen atoms in total. The molecule has 0 saturated heterocycles. The second-order valence-corrected chi connectivity index (χ2v) is 5.59. The van der Waals surface area contributed by atoms with Crippen molar-refractivity contribution < 1.29 is 4.74 Å². The van der Waals surface area contributed by atoms with Gasteiger partial charge in [-0.1, -0.05) is 17.7 Å². The minimum Gasteiger partial charge on any atom is -0.456 e. The van der Waals surface area contributed by atoms with Crippen LogP contribution in [0.3, 0.4) is 0 Å². The topological polar surface area (TPSA) is 21.3 Å². The van der Waals surface area contributed by atoms with Gasteiger partial charge in [0.25, 0.3) is 0 Å². The SMILES string of the molecule is CNCc1ccc(Oc2ccc(Cl)cc2Br)cc1C. The predicted molar refractivity (Wildman–Crippen MR) is 83.2 cm³/mol. The quantitative estimate of drug-likeness (QED) is 0.852. The summed E-state index contributed by atoms with van der Waals surface area (Å²) < 4.78 is 6.70. The summed E-state index contributed by atoms with van der Waals surface area (Å²) in [5.41, 5.74) is 2.47. The molecule has 2 rings (SSSR count). The van der Waals surface area contributed by atoms with E-state index < -0.39 is 0 Å². The zero-order chi connectivity index (χ0) is 13.8. The summed E-state index contributed by atoms with van der Waals surface area (Å²) in [7, 11) is 1.94. The van der Waals surface area contributed by atoms with E-state index in [-0.39, 0.29) is 0 Å². The number of rotatable bonds is 4. The van der Waals surface area contributed by atoms with Crippen LogP contribution in [0, 0.1) is 6.92 Å². The standard InChI is InChI=1S/C15H15BrClNO/c1-10-7-13(5-3-11(10)9-18-2)19-15-6-4-12(17)8-14(15)16/h3-8,18H,9H2,1-2H3. The average molecular weight is 341 g/mol. The third kappa shape index (κ3) is 3.72. The summed E-state index contributed by atoms with van der Waals surface area (Å²) in [5.74, 6) is 1.57. The Morgan fingerprint density at radius 2 is 2.00 bits per heavy atom. The lowest BCUT2D eigenvalue weighted by atomic mass is 10.1. The molecule has 0 aliphatic heterocycles.